The molecule has 1 nitrogen and oxygen atoms in total. The Morgan fingerprint density at radius 2 is 1.83 bits per heavy atom. The second-order valence-electron chi connectivity index (χ2n) is 4.55. The SMILES string of the molecule is C[C@@H]1[C@H](C=O)[C@H]1C1CCCCC1. The summed E-state index contributed by atoms with van der Waals surface area (Å²) in [5, 5.41) is 0. The summed E-state index contributed by atoms with van der Waals surface area (Å²) in [6.07, 6.45) is 8.19. The van der Waals surface area contributed by atoms with Crippen LogP contribution < -0.4 is 0 Å². The maximum Gasteiger partial charge on any atom is 0.123 e. The average Bonchev–Trinajstić information content (AvgIpc) is 2.78. The molecule has 0 aromatic carbocycles. The monoisotopic (exact) mass is 166 g/mol. The van der Waals surface area contributed by atoms with Gasteiger partial charge in [0.1, 0.15) is 6.29 Å². The maximum atomic E-state index is 10.6. The molecule has 0 aliphatic heterocycles. The predicted molar refractivity (Wildman–Crippen MR) is 48.8 cm³/mol. The third-order valence-corrected chi connectivity index (χ3v) is 3.87. The lowest BCUT2D eigenvalue weighted by Crippen LogP contribution is -2.10. The van der Waals surface area contributed by atoms with E-state index in [0.717, 1.165) is 11.8 Å². The Bertz CT molecular complexity index is 170. The summed E-state index contributed by atoms with van der Waals surface area (Å²) in [6, 6.07) is 0. The number of aldehydes is 1. The van der Waals surface area contributed by atoms with Crippen molar-refractivity contribution >= 4 is 6.29 Å². The molecular formula is C11H18O. The van der Waals surface area contributed by atoms with Gasteiger partial charge >= 0.3 is 0 Å². The Kier molecular flexibility index (Phi) is 2.20. The van der Waals surface area contributed by atoms with Crippen LogP contribution in [-0.4, -0.2) is 6.29 Å². The van der Waals surface area contributed by atoms with E-state index >= 15 is 0 Å². The summed E-state index contributed by atoms with van der Waals surface area (Å²) in [5.41, 5.74) is 0. The molecule has 0 unspecified atom stereocenters. The van der Waals surface area contributed by atoms with E-state index < -0.39 is 0 Å². The van der Waals surface area contributed by atoms with Crippen molar-refractivity contribution in [3.05, 3.63) is 0 Å². The second kappa shape index (κ2) is 3.20. The minimum Gasteiger partial charge on any atom is -0.303 e. The maximum absolute atomic E-state index is 10.6. The normalized spacial score (nSPS) is 42.6. The summed E-state index contributed by atoms with van der Waals surface area (Å²) in [4.78, 5) is 10.6. The van der Waals surface area contributed by atoms with E-state index in [2.05, 4.69) is 6.92 Å². The minimum absolute atomic E-state index is 0.424. The molecule has 0 saturated heterocycles. The van der Waals surface area contributed by atoms with Gasteiger partial charge in [-0.2, -0.15) is 0 Å². The van der Waals surface area contributed by atoms with Crippen LogP contribution in [0, 0.1) is 23.7 Å². The molecule has 0 N–H and O–H groups in total. The average molecular weight is 166 g/mol. The standard InChI is InChI=1S/C11H18O/c1-8-10(7-12)11(8)9-5-3-2-4-6-9/h7-11H,2-6H2,1H3/t8-,10+,11-/m1/s1. The van der Waals surface area contributed by atoms with Crippen LogP contribution in [0.3, 0.4) is 0 Å². The fourth-order valence-corrected chi connectivity index (χ4v) is 3.00. The highest BCUT2D eigenvalue weighted by Crippen LogP contribution is 2.53. The molecule has 0 bridgehead atoms. The highest BCUT2D eigenvalue weighted by Gasteiger charge is 2.50. The van der Waals surface area contributed by atoms with Crippen LogP contribution in [-0.2, 0) is 4.79 Å². The second-order valence-corrected chi connectivity index (χ2v) is 4.55. The van der Waals surface area contributed by atoms with E-state index in [1.807, 2.05) is 0 Å². The van der Waals surface area contributed by atoms with E-state index in [9.17, 15) is 4.79 Å². The van der Waals surface area contributed by atoms with Gasteiger partial charge in [0, 0.05) is 5.92 Å². The Morgan fingerprint density at radius 1 is 1.17 bits per heavy atom. The van der Waals surface area contributed by atoms with Crippen molar-refractivity contribution in [3.63, 3.8) is 0 Å². The minimum atomic E-state index is 0.424. The van der Waals surface area contributed by atoms with Gasteiger partial charge in [-0.15, -0.1) is 0 Å². The first-order valence-electron chi connectivity index (χ1n) is 5.30. The lowest BCUT2D eigenvalue weighted by atomic mass is 9.84. The molecule has 68 valence electrons. The first-order chi connectivity index (χ1) is 5.84. The Labute approximate surface area is 74.5 Å². The zero-order valence-electron chi connectivity index (χ0n) is 7.83. The molecule has 0 spiro atoms. The molecule has 1 heteroatoms. The van der Waals surface area contributed by atoms with Gasteiger partial charge in [0.05, 0.1) is 0 Å². The summed E-state index contributed by atoms with van der Waals surface area (Å²) >= 11 is 0. The van der Waals surface area contributed by atoms with Crippen LogP contribution in [0.15, 0.2) is 0 Å². The van der Waals surface area contributed by atoms with Crippen LogP contribution in [0.25, 0.3) is 0 Å². The van der Waals surface area contributed by atoms with Crippen molar-refractivity contribution in [3.8, 4) is 0 Å². The highest BCUT2D eigenvalue weighted by atomic mass is 16.1. The van der Waals surface area contributed by atoms with Gasteiger partial charge in [-0.25, -0.2) is 0 Å². The fraction of sp³-hybridized carbons (Fsp3) is 0.909. The van der Waals surface area contributed by atoms with Crippen molar-refractivity contribution in [1.82, 2.24) is 0 Å². The molecule has 2 aliphatic rings. The molecule has 12 heavy (non-hydrogen) atoms. The summed E-state index contributed by atoms with van der Waals surface area (Å²) in [5.74, 6) is 2.78. The Morgan fingerprint density at radius 3 is 2.33 bits per heavy atom. The Hall–Kier alpha value is -0.330. The highest BCUT2D eigenvalue weighted by molar-refractivity contribution is 5.59. The topological polar surface area (TPSA) is 17.1 Å². The van der Waals surface area contributed by atoms with Crippen LogP contribution in [0.5, 0.6) is 0 Å². The molecule has 0 aromatic rings. The summed E-state index contributed by atoms with van der Waals surface area (Å²) in [7, 11) is 0. The predicted octanol–water partition coefficient (Wildman–Crippen LogP) is 2.65. The van der Waals surface area contributed by atoms with Crippen LogP contribution >= 0.6 is 0 Å². The number of carbonyl (C=O) groups is 1. The van der Waals surface area contributed by atoms with Crippen LogP contribution in [0.4, 0.5) is 0 Å². The van der Waals surface area contributed by atoms with Crippen molar-refractivity contribution in [2.75, 3.05) is 0 Å². The van der Waals surface area contributed by atoms with Gasteiger partial charge in [-0.1, -0.05) is 39.0 Å². The van der Waals surface area contributed by atoms with E-state index in [0.29, 0.717) is 11.8 Å². The lowest BCUT2D eigenvalue weighted by Gasteiger charge is -2.21. The van der Waals surface area contributed by atoms with Crippen molar-refractivity contribution in [2.24, 2.45) is 23.7 Å². The van der Waals surface area contributed by atoms with Crippen molar-refractivity contribution in [2.45, 2.75) is 39.0 Å². The molecule has 3 atom stereocenters. The molecule has 2 rings (SSSR count). The molecular weight excluding hydrogens is 148 g/mol. The van der Waals surface area contributed by atoms with Crippen LogP contribution in [0.1, 0.15) is 39.0 Å². The number of rotatable bonds is 2. The van der Waals surface area contributed by atoms with Crippen molar-refractivity contribution < 1.29 is 4.79 Å². The van der Waals surface area contributed by atoms with Gasteiger partial charge in [-0.3, -0.25) is 0 Å². The lowest BCUT2D eigenvalue weighted by molar-refractivity contribution is -0.109. The van der Waals surface area contributed by atoms with E-state index in [1.54, 1.807) is 0 Å². The van der Waals surface area contributed by atoms with Crippen molar-refractivity contribution in [1.29, 1.82) is 0 Å². The smallest absolute Gasteiger partial charge is 0.123 e. The van der Waals surface area contributed by atoms with Crippen LogP contribution in [0.2, 0.25) is 0 Å². The third kappa shape index (κ3) is 1.30. The zero-order chi connectivity index (χ0) is 8.55. The number of hydrogen-bond donors (Lipinski definition) is 0. The first kappa shape index (κ1) is 8.28. The number of hydrogen-bond acceptors (Lipinski definition) is 1. The Balaban J connectivity index is 1.88. The third-order valence-electron chi connectivity index (χ3n) is 3.87. The van der Waals surface area contributed by atoms with Gasteiger partial charge in [0.15, 0.2) is 0 Å². The molecule has 0 radical (unpaired) electrons. The molecule has 0 amide bonds. The van der Waals surface area contributed by atoms with E-state index in [1.165, 1.54) is 38.4 Å². The van der Waals surface area contributed by atoms with Gasteiger partial charge < -0.3 is 4.79 Å². The molecule has 0 aromatic heterocycles. The zero-order valence-corrected chi connectivity index (χ0v) is 7.83. The largest absolute Gasteiger partial charge is 0.303 e. The molecule has 2 fully saturated rings. The molecule has 2 saturated carbocycles. The summed E-state index contributed by atoms with van der Waals surface area (Å²) in [6.45, 7) is 2.23. The molecule has 2 aliphatic carbocycles. The number of carbonyl (C=O) groups excluding carboxylic acids is 1. The summed E-state index contributed by atoms with van der Waals surface area (Å²) < 4.78 is 0. The molecule has 0 heterocycles. The van der Waals surface area contributed by atoms with E-state index in [-0.39, 0.29) is 0 Å². The first-order valence-corrected chi connectivity index (χ1v) is 5.30. The van der Waals surface area contributed by atoms with E-state index in [4.69, 9.17) is 0 Å². The fourth-order valence-electron chi connectivity index (χ4n) is 3.00. The van der Waals surface area contributed by atoms with Gasteiger partial charge in [-0.05, 0) is 17.8 Å². The van der Waals surface area contributed by atoms with Gasteiger partial charge in [0.2, 0.25) is 0 Å². The quantitative estimate of drug-likeness (QED) is 0.576. The van der Waals surface area contributed by atoms with Gasteiger partial charge in [0.25, 0.3) is 0 Å².